The van der Waals surface area contributed by atoms with Crippen LogP contribution in [0.5, 0.6) is 17.2 Å². The third-order valence-corrected chi connectivity index (χ3v) is 5.28. The largest absolute Gasteiger partial charge is 0.508 e. The minimum atomic E-state index is 0.230. The van der Waals surface area contributed by atoms with Crippen LogP contribution in [0.2, 0.25) is 0 Å². The summed E-state index contributed by atoms with van der Waals surface area (Å²) >= 11 is 0. The summed E-state index contributed by atoms with van der Waals surface area (Å²) in [6, 6.07) is 15.2. The zero-order chi connectivity index (χ0) is 20.3. The van der Waals surface area contributed by atoms with E-state index >= 15 is 0 Å². The highest BCUT2D eigenvalue weighted by molar-refractivity contribution is 5.51. The van der Waals surface area contributed by atoms with Gasteiger partial charge in [0.1, 0.15) is 17.2 Å². The molecule has 0 aliphatic carbocycles. The lowest BCUT2D eigenvalue weighted by Gasteiger charge is -2.14. The Morgan fingerprint density at radius 2 is 1.04 bits per heavy atom. The predicted octanol–water partition coefficient (Wildman–Crippen LogP) is 5.42. The van der Waals surface area contributed by atoms with Gasteiger partial charge in [-0.25, -0.2) is 0 Å². The van der Waals surface area contributed by atoms with E-state index in [1.165, 1.54) is 0 Å². The Hall–Kier alpha value is -2.94. The van der Waals surface area contributed by atoms with Crippen molar-refractivity contribution in [2.45, 2.75) is 46.5 Å². The number of hydrogen-bond donors (Lipinski definition) is 3. The first kappa shape index (κ1) is 19.8. The molecule has 3 rings (SSSR count). The van der Waals surface area contributed by atoms with Crippen LogP contribution in [0.3, 0.4) is 0 Å². The molecule has 28 heavy (non-hydrogen) atoms. The monoisotopic (exact) mass is 376 g/mol. The van der Waals surface area contributed by atoms with Gasteiger partial charge in [0.15, 0.2) is 0 Å². The van der Waals surface area contributed by atoms with Gasteiger partial charge in [-0.3, -0.25) is 0 Å². The lowest BCUT2D eigenvalue weighted by Crippen LogP contribution is -1.98. The molecule has 0 heterocycles. The molecule has 0 aliphatic heterocycles. The second kappa shape index (κ2) is 8.39. The highest BCUT2D eigenvalue weighted by atomic mass is 16.3. The molecule has 0 aliphatic rings. The molecule has 0 spiro atoms. The molecule has 0 amide bonds. The number of phenols is 3. The quantitative estimate of drug-likeness (QED) is 0.538. The number of phenolic OH excluding ortho intramolecular Hbond substituents is 3. The molecule has 0 saturated heterocycles. The van der Waals surface area contributed by atoms with Crippen LogP contribution in [0.4, 0.5) is 0 Å². The topological polar surface area (TPSA) is 60.7 Å². The number of aryl methyl sites for hydroxylation is 3. The van der Waals surface area contributed by atoms with Crippen molar-refractivity contribution in [1.29, 1.82) is 0 Å². The van der Waals surface area contributed by atoms with Crippen molar-refractivity contribution < 1.29 is 15.3 Å². The fourth-order valence-corrected chi connectivity index (χ4v) is 3.61. The molecule has 0 radical (unpaired) electrons. The van der Waals surface area contributed by atoms with Gasteiger partial charge in [-0.05, 0) is 65.3 Å². The Labute approximate surface area is 166 Å². The van der Waals surface area contributed by atoms with Crippen LogP contribution < -0.4 is 0 Å². The fourth-order valence-electron chi connectivity index (χ4n) is 3.61. The van der Waals surface area contributed by atoms with Gasteiger partial charge < -0.3 is 15.3 Å². The first-order chi connectivity index (χ1) is 13.4. The molecule has 0 fully saturated rings. The van der Waals surface area contributed by atoms with Crippen LogP contribution >= 0.6 is 0 Å². The van der Waals surface area contributed by atoms with Crippen molar-refractivity contribution in [1.82, 2.24) is 0 Å². The number of rotatable bonds is 6. The zero-order valence-corrected chi connectivity index (χ0v) is 16.8. The number of aromatic hydroxyl groups is 3. The molecule has 146 valence electrons. The highest BCUT2D eigenvalue weighted by Gasteiger charge is 2.14. The van der Waals surface area contributed by atoms with Gasteiger partial charge in [-0.2, -0.15) is 0 Å². The van der Waals surface area contributed by atoms with E-state index in [0.29, 0.717) is 12.8 Å². The standard InChI is InChI=1S/C25H28O3/c1-4-17-6-8-23(26)19(12-17)14-21-10-16(3)11-22(25(21)28)15-20-13-18(5-2)7-9-24(20)27/h6-13,26-28H,4-5,14-15H2,1-3H3. The van der Waals surface area contributed by atoms with Gasteiger partial charge in [0.05, 0.1) is 0 Å². The Bertz CT molecular complexity index is 913. The molecular weight excluding hydrogens is 348 g/mol. The van der Waals surface area contributed by atoms with Gasteiger partial charge >= 0.3 is 0 Å². The summed E-state index contributed by atoms with van der Waals surface area (Å²) in [6.07, 6.45) is 2.71. The van der Waals surface area contributed by atoms with Crippen LogP contribution in [-0.2, 0) is 25.7 Å². The molecule has 0 aromatic heterocycles. The third kappa shape index (κ3) is 4.30. The molecule has 3 nitrogen and oxygen atoms in total. The predicted molar refractivity (Wildman–Crippen MR) is 113 cm³/mol. The van der Waals surface area contributed by atoms with Gasteiger partial charge in [-0.1, -0.05) is 55.8 Å². The molecule has 0 unspecified atom stereocenters. The highest BCUT2D eigenvalue weighted by Crippen LogP contribution is 2.33. The minimum Gasteiger partial charge on any atom is -0.508 e. The average Bonchev–Trinajstić information content (AvgIpc) is 2.68. The summed E-state index contributed by atoms with van der Waals surface area (Å²) < 4.78 is 0. The maximum atomic E-state index is 10.9. The minimum absolute atomic E-state index is 0.230. The van der Waals surface area contributed by atoms with Crippen molar-refractivity contribution in [2.24, 2.45) is 0 Å². The first-order valence-electron chi connectivity index (χ1n) is 9.84. The zero-order valence-electron chi connectivity index (χ0n) is 16.8. The normalized spacial score (nSPS) is 11.0. The Kier molecular flexibility index (Phi) is 5.93. The molecule has 3 N–H and O–H groups in total. The Balaban J connectivity index is 1.97. The van der Waals surface area contributed by atoms with E-state index in [0.717, 1.165) is 51.8 Å². The molecule has 3 aromatic carbocycles. The summed E-state index contributed by atoms with van der Waals surface area (Å²) in [6.45, 7) is 6.15. The van der Waals surface area contributed by atoms with Gasteiger partial charge in [0.25, 0.3) is 0 Å². The van der Waals surface area contributed by atoms with E-state index in [2.05, 4.69) is 13.8 Å². The molecular formula is C25H28O3. The average molecular weight is 376 g/mol. The summed E-state index contributed by atoms with van der Waals surface area (Å²) in [7, 11) is 0. The summed E-state index contributed by atoms with van der Waals surface area (Å²) in [5.74, 6) is 0.717. The van der Waals surface area contributed by atoms with Crippen LogP contribution in [0.1, 0.15) is 52.8 Å². The molecule has 3 heteroatoms. The van der Waals surface area contributed by atoms with E-state index < -0.39 is 0 Å². The second-order valence-corrected chi connectivity index (χ2v) is 7.42. The molecule has 0 bridgehead atoms. The first-order valence-corrected chi connectivity index (χ1v) is 9.84. The Morgan fingerprint density at radius 1 is 0.607 bits per heavy atom. The lowest BCUT2D eigenvalue weighted by molar-refractivity contribution is 0.456. The van der Waals surface area contributed by atoms with Crippen LogP contribution in [0.15, 0.2) is 48.5 Å². The van der Waals surface area contributed by atoms with E-state index in [1.807, 2.05) is 43.3 Å². The van der Waals surface area contributed by atoms with E-state index in [1.54, 1.807) is 12.1 Å². The van der Waals surface area contributed by atoms with Crippen molar-refractivity contribution in [3.05, 3.63) is 87.5 Å². The van der Waals surface area contributed by atoms with Crippen LogP contribution in [0, 0.1) is 6.92 Å². The van der Waals surface area contributed by atoms with Crippen molar-refractivity contribution in [2.75, 3.05) is 0 Å². The summed E-state index contributed by atoms with van der Waals surface area (Å²) in [5.41, 5.74) is 6.53. The number of benzene rings is 3. The van der Waals surface area contributed by atoms with Crippen molar-refractivity contribution in [3.63, 3.8) is 0 Å². The van der Waals surface area contributed by atoms with E-state index in [-0.39, 0.29) is 17.2 Å². The van der Waals surface area contributed by atoms with Gasteiger partial charge in [-0.15, -0.1) is 0 Å². The summed E-state index contributed by atoms with van der Waals surface area (Å²) in [5, 5.41) is 31.4. The second-order valence-electron chi connectivity index (χ2n) is 7.42. The SMILES string of the molecule is CCc1ccc(O)c(Cc2cc(C)cc(Cc3cc(CC)ccc3O)c2O)c1. The molecule has 0 atom stereocenters. The number of hydrogen-bond acceptors (Lipinski definition) is 3. The van der Waals surface area contributed by atoms with Crippen LogP contribution in [-0.4, -0.2) is 15.3 Å². The fraction of sp³-hybridized carbons (Fsp3) is 0.280. The third-order valence-electron chi connectivity index (χ3n) is 5.28. The molecule has 0 saturated carbocycles. The van der Waals surface area contributed by atoms with Crippen molar-refractivity contribution in [3.8, 4) is 17.2 Å². The maximum absolute atomic E-state index is 10.9. The van der Waals surface area contributed by atoms with Crippen LogP contribution in [0.25, 0.3) is 0 Å². The van der Waals surface area contributed by atoms with E-state index in [4.69, 9.17) is 0 Å². The Morgan fingerprint density at radius 3 is 1.43 bits per heavy atom. The van der Waals surface area contributed by atoms with E-state index in [9.17, 15) is 15.3 Å². The molecule has 3 aromatic rings. The smallest absolute Gasteiger partial charge is 0.122 e. The van der Waals surface area contributed by atoms with Gasteiger partial charge in [0, 0.05) is 12.8 Å². The maximum Gasteiger partial charge on any atom is 0.122 e. The van der Waals surface area contributed by atoms with Crippen molar-refractivity contribution >= 4 is 0 Å². The summed E-state index contributed by atoms with van der Waals surface area (Å²) in [4.78, 5) is 0. The lowest BCUT2D eigenvalue weighted by atomic mass is 9.93. The van der Waals surface area contributed by atoms with Gasteiger partial charge in [0.2, 0.25) is 0 Å².